The first-order valence-corrected chi connectivity index (χ1v) is 15.8. The number of benzene rings is 3. The van der Waals surface area contributed by atoms with Crippen LogP contribution in [0.4, 0.5) is 0 Å². The molecule has 226 valence electrons. The number of hydrogen-bond acceptors (Lipinski definition) is 2. The summed E-state index contributed by atoms with van der Waals surface area (Å²) < 4.78 is 9.01. The smallest absolute Gasteiger partial charge is 0.184 e. The van der Waals surface area contributed by atoms with Crippen molar-refractivity contribution < 1.29 is 8.99 Å². The average molecular weight is 584 g/mol. The fraction of sp³-hybridized carbons (Fsp3) is 0.366. The van der Waals surface area contributed by atoms with E-state index in [2.05, 4.69) is 154 Å². The highest BCUT2D eigenvalue weighted by atomic mass is 16.3. The van der Waals surface area contributed by atoms with Crippen LogP contribution in [-0.2, 0) is 6.42 Å². The fourth-order valence-electron chi connectivity index (χ4n) is 8.18. The molecular formula is C41H47N2O+. The number of aliphatic imine (C=N–C) groups is 1. The normalized spacial score (nSPS) is 26.8. The number of hydrogen-bond donors (Lipinski definition) is 0. The number of allylic oxidation sites excluding steroid dienone is 3. The van der Waals surface area contributed by atoms with E-state index in [4.69, 9.17) is 9.41 Å². The van der Waals surface area contributed by atoms with Crippen molar-refractivity contribution in [1.29, 1.82) is 0 Å². The van der Waals surface area contributed by atoms with E-state index in [9.17, 15) is 0 Å². The molecule has 0 saturated heterocycles. The minimum absolute atomic E-state index is 0.0299. The summed E-state index contributed by atoms with van der Waals surface area (Å²) >= 11 is 0. The zero-order chi connectivity index (χ0) is 32.0. The molecule has 0 bridgehead atoms. The summed E-state index contributed by atoms with van der Waals surface area (Å²) in [4.78, 5) is 5.79. The molecule has 4 atom stereocenters. The van der Waals surface area contributed by atoms with Gasteiger partial charge in [0.2, 0.25) is 0 Å². The van der Waals surface area contributed by atoms with Crippen LogP contribution in [0.5, 0.6) is 0 Å². The van der Waals surface area contributed by atoms with Gasteiger partial charge in [0.05, 0.1) is 22.6 Å². The summed E-state index contributed by atoms with van der Waals surface area (Å²) in [6.45, 7) is 33.7. The number of rotatable bonds is 5. The quantitative estimate of drug-likeness (QED) is 0.130. The van der Waals surface area contributed by atoms with Crippen molar-refractivity contribution in [3.05, 3.63) is 108 Å². The van der Waals surface area contributed by atoms with Gasteiger partial charge >= 0.3 is 0 Å². The molecule has 3 aromatic carbocycles. The molecule has 1 aliphatic carbocycles. The predicted molar refractivity (Wildman–Crippen MR) is 189 cm³/mol. The third-order valence-corrected chi connectivity index (χ3v) is 11.3. The third kappa shape index (κ3) is 3.81. The molecule has 2 aliphatic rings. The minimum Gasteiger partial charge on any atom is -0.455 e. The monoisotopic (exact) mass is 583 g/mol. The van der Waals surface area contributed by atoms with E-state index in [0.717, 1.165) is 50.6 Å². The highest BCUT2D eigenvalue weighted by Crippen LogP contribution is 2.70. The maximum Gasteiger partial charge on any atom is 0.184 e. The molecule has 1 aliphatic heterocycles. The van der Waals surface area contributed by atoms with Crippen LogP contribution in [0.2, 0.25) is 0 Å². The molecule has 1 spiro atoms. The molecule has 4 unspecified atom stereocenters. The Morgan fingerprint density at radius 1 is 0.955 bits per heavy atom. The molecular weight excluding hydrogens is 536 g/mol. The summed E-state index contributed by atoms with van der Waals surface area (Å²) in [5.41, 5.74) is 7.54. The van der Waals surface area contributed by atoms with E-state index in [-0.39, 0.29) is 16.9 Å². The topological polar surface area (TPSA) is 28.5 Å². The van der Waals surface area contributed by atoms with E-state index in [0.29, 0.717) is 0 Å². The molecule has 6 rings (SSSR count). The maximum absolute atomic E-state index is 6.83. The van der Waals surface area contributed by atoms with Crippen molar-refractivity contribution in [3.8, 4) is 0 Å². The Hall–Kier alpha value is -3.98. The molecule has 3 nitrogen and oxygen atoms in total. The molecule has 0 radical (unpaired) electrons. The third-order valence-electron chi connectivity index (χ3n) is 11.3. The van der Waals surface area contributed by atoms with Gasteiger partial charge in [0, 0.05) is 35.1 Å². The van der Waals surface area contributed by atoms with Gasteiger partial charge in [-0.3, -0.25) is 4.99 Å². The standard InChI is InChI=1S/C41H47N2O/c1-13-34-40(11,43(12)24-27(6)38(7,8)9)39(10,26(4)5)41(34)23-29-19-21-32-31-20-18-28-16-14-15-17-30(28)36(31)44-37(32)35(29)33(42-41)22-25(2)3/h13-22,24,34H,1,4,12,23H2,2-3,5-11H3/q+1/b27-24+. The van der Waals surface area contributed by atoms with Crippen LogP contribution in [0, 0.1) is 16.7 Å². The molecule has 1 fully saturated rings. The first-order chi connectivity index (χ1) is 20.6. The number of furan rings is 1. The van der Waals surface area contributed by atoms with Crippen molar-refractivity contribution in [2.45, 2.75) is 79.8 Å². The maximum atomic E-state index is 6.83. The molecule has 1 saturated carbocycles. The van der Waals surface area contributed by atoms with Gasteiger partial charge in [0.1, 0.15) is 17.9 Å². The van der Waals surface area contributed by atoms with E-state index in [1.54, 1.807) is 0 Å². The van der Waals surface area contributed by atoms with Crippen molar-refractivity contribution in [3.63, 3.8) is 0 Å². The van der Waals surface area contributed by atoms with Gasteiger partial charge in [-0.2, -0.15) is 0 Å². The van der Waals surface area contributed by atoms with Crippen molar-refractivity contribution in [2.24, 2.45) is 21.7 Å². The van der Waals surface area contributed by atoms with Gasteiger partial charge in [-0.25, -0.2) is 4.58 Å². The summed E-state index contributed by atoms with van der Waals surface area (Å²) in [6.07, 6.45) is 7.33. The van der Waals surface area contributed by atoms with Crippen LogP contribution in [0.3, 0.4) is 0 Å². The highest BCUT2D eigenvalue weighted by molar-refractivity contribution is 6.23. The van der Waals surface area contributed by atoms with E-state index in [1.807, 2.05) is 0 Å². The van der Waals surface area contributed by atoms with Crippen LogP contribution in [0.15, 0.2) is 106 Å². The SMILES string of the molecule is C=CC1C2(Cc3ccc4c(oc5c6ccccc6ccc45)c3C(C=C(C)C)=N2)C(C)(C(=C)C)C1(C)[N+](=C)/C=C(\C)C(C)(C)C. The second kappa shape index (κ2) is 9.76. The predicted octanol–water partition coefficient (Wildman–Crippen LogP) is 10.6. The van der Waals surface area contributed by atoms with Gasteiger partial charge < -0.3 is 4.42 Å². The average Bonchev–Trinajstić information content (AvgIpc) is 3.34. The Labute approximate surface area is 263 Å². The first kappa shape index (κ1) is 30.1. The van der Waals surface area contributed by atoms with Gasteiger partial charge in [-0.1, -0.05) is 87.0 Å². The Balaban J connectivity index is 1.61. The summed E-state index contributed by atoms with van der Waals surface area (Å²) in [7, 11) is 0. The van der Waals surface area contributed by atoms with Gasteiger partial charge in [0.25, 0.3) is 0 Å². The fourth-order valence-corrected chi connectivity index (χ4v) is 8.18. The molecule has 2 heterocycles. The van der Waals surface area contributed by atoms with Crippen LogP contribution in [0.25, 0.3) is 32.7 Å². The lowest BCUT2D eigenvalue weighted by molar-refractivity contribution is -0.600. The van der Waals surface area contributed by atoms with Gasteiger partial charge in [0.15, 0.2) is 11.7 Å². The van der Waals surface area contributed by atoms with Crippen molar-refractivity contribution in [1.82, 2.24) is 0 Å². The summed E-state index contributed by atoms with van der Waals surface area (Å²) in [5, 5.41) is 4.58. The van der Waals surface area contributed by atoms with Gasteiger partial charge in [-0.15, -0.1) is 6.58 Å². The lowest BCUT2D eigenvalue weighted by atomic mass is 9.35. The Bertz CT molecular complexity index is 2000. The summed E-state index contributed by atoms with van der Waals surface area (Å²) in [6, 6.07) is 17.4. The first-order valence-electron chi connectivity index (χ1n) is 15.8. The van der Waals surface area contributed by atoms with Gasteiger partial charge in [-0.05, 0) is 68.7 Å². The minimum atomic E-state index is -0.477. The van der Waals surface area contributed by atoms with Crippen molar-refractivity contribution in [2.75, 3.05) is 0 Å². The number of fused-ring (bicyclic) bond motifs is 7. The zero-order valence-corrected chi connectivity index (χ0v) is 28.1. The lowest BCUT2D eigenvalue weighted by Crippen LogP contribution is -2.82. The molecule has 4 aromatic rings. The van der Waals surface area contributed by atoms with E-state index >= 15 is 0 Å². The van der Waals surface area contributed by atoms with Crippen LogP contribution < -0.4 is 0 Å². The Morgan fingerprint density at radius 3 is 2.25 bits per heavy atom. The second-order valence-corrected chi connectivity index (χ2v) is 14.9. The summed E-state index contributed by atoms with van der Waals surface area (Å²) in [5.74, 6) is 0.0299. The van der Waals surface area contributed by atoms with Crippen LogP contribution in [0.1, 0.15) is 73.4 Å². The number of nitrogens with zero attached hydrogens (tertiary/aromatic N) is 2. The second-order valence-electron chi connectivity index (χ2n) is 14.9. The van der Waals surface area contributed by atoms with Crippen molar-refractivity contribution >= 4 is 45.1 Å². The molecule has 1 aromatic heterocycles. The zero-order valence-electron chi connectivity index (χ0n) is 28.1. The lowest BCUT2D eigenvalue weighted by Gasteiger charge is -2.69. The highest BCUT2D eigenvalue weighted by Gasteiger charge is 2.81. The Morgan fingerprint density at radius 2 is 1.61 bits per heavy atom. The Kier molecular flexibility index (Phi) is 6.67. The van der Waals surface area contributed by atoms with Crippen LogP contribution >= 0.6 is 0 Å². The van der Waals surface area contributed by atoms with Crippen LogP contribution in [-0.4, -0.2) is 28.1 Å². The molecule has 3 heteroatoms. The molecule has 0 amide bonds. The largest absolute Gasteiger partial charge is 0.455 e. The van der Waals surface area contributed by atoms with E-state index in [1.165, 1.54) is 22.1 Å². The molecule has 44 heavy (non-hydrogen) atoms. The molecule has 0 N–H and O–H groups in total. The van der Waals surface area contributed by atoms with E-state index < -0.39 is 11.0 Å².